The Labute approximate surface area is 94.6 Å². The fraction of sp³-hybridized carbons (Fsp3) is 0.333. The first-order valence-corrected chi connectivity index (χ1v) is 5.46. The molecule has 2 N–H and O–H groups in total. The number of fused-ring (bicyclic) bond motifs is 1. The lowest BCUT2D eigenvalue weighted by Gasteiger charge is -2.06. The zero-order chi connectivity index (χ0) is 11.0. The minimum absolute atomic E-state index is 0.384. The third-order valence-electron chi connectivity index (χ3n) is 2.87. The zero-order valence-electron chi connectivity index (χ0n) is 9.00. The Morgan fingerprint density at radius 2 is 2.20 bits per heavy atom. The largest absolute Gasteiger partial charge is 0.350 e. The first-order valence-electron chi connectivity index (χ1n) is 5.08. The minimum atomic E-state index is 0.384. The van der Waals surface area contributed by atoms with Crippen molar-refractivity contribution in [3.05, 3.63) is 35.0 Å². The van der Waals surface area contributed by atoms with Gasteiger partial charge in [0.25, 0.3) is 0 Å². The summed E-state index contributed by atoms with van der Waals surface area (Å²) in [5, 5.41) is 2.02. The molecule has 1 aromatic carbocycles. The van der Waals surface area contributed by atoms with Crippen molar-refractivity contribution in [1.29, 1.82) is 0 Å². The standard InChI is InChI=1S/C12H15ClN2/c1-8(6-14)11-7-15(2)12-5-9(13)3-4-10(11)12/h3-5,7-8H,6,14H2,1-2H3. The summed E-state index contributed by atoms with van der Waals surface area (Å²) < 4.78 is 2.10. The fourth-order valence-electron chi connectivity index (χ4n) is 1.91. The highest BCUT2D eigenvalue weighted by Crippen LogP contribution is 2.28. The van der Waals surface area contributed by atoms with Gasteiger partial charge in [0.15, 0.2) is 0 Å². The second kappa shape index (κ2) is 3.87. The first-order chi connectivity index (χ1) is 7.13. The molecule has 0 amide bonds. The Morgan fingerprint density at radius 1 is 1.47 bits per heavy atom. The number of hydrogen-bond acceptors (Lipinski definition) is 1. The molecule has 1 unspecified atom stereocenters. The molecule has 15 heavy (non-hydrogen) atoms. The van der Waals surface area contributed by atoms with Crippen molar-refractivity contribution < 1.29 is 0 Å². The summed E-state index contributed by atoms with van der Waals surface area (Å²) in [6.07, 6.45) is 2.14. The maximum atomic E-state index is 5.98. The Hall–Kier alpha value is -0.990. The van der Waals surface area contributed by atoms with Crippen LogP contribution < -0.4 is 5.73 Å². The van der Waals surface area contributed by atoms with E-state index in [0.29, 0.717) is 12.5 Å². The maximum absolute atomic E-state index is 5.98. The number of nitrogens with two attached hydrogens (primary N) is 1. The molecule has 1 atom stereocenters. The SMILES string of the molecule is CC(CN)c1cn(C)c2cc(Cl)ccc12. The van der Waals surface area contributed by atoms with Gasteiger partial charge in [0.1, 0.15) is 0 Å². The maximum Gasteiger partial charge on any atom is 0.0495 e. The van der Waals surface area contributed by atoms with Crippen LogP contribution in [-0.4, -0.2) is 11.1 Å². The van der Waals surface area contributed by atoms with E-state index in [1.165, 1.54) is 10.9 Å². The lowest BCUT2D eigenvalue weighted by molar-refractivity contribution is 0.774. The molecule has 2 rings (SSSR count). The van der Waals surface area contributed by atoms with E-state index in [9.17, 15) is 0 Å². The Bertz CT molecular complexity index is 488. The van der Waals surface area contributed by atoms with E-state index in [1.54, 1.807) is 0 Å². The average molecular weight is 223 g/mol. The van der Waals surface area contributed by atoms with Crippen molar-refractivity contribution in [3.63, 3.8) is 0 Å². The van der Waals surface area contributed by atoms with Crippen molar-refractivity contribution >= 4 is 22.5 Å². The van der Waals surface area contributed by atoms with E-state index in [4.69, 9.17) is 17.3 Å². The summed E-state index contributed by atoms with van der Waals surface area (Å²) in [5.74, 6) is 0.384. The Kier molecular flexibility index (Phi) is 2.72. The molecule has 0 bridgehead atoms. The smallest absolute Gasteiger partial charge is 0.0495 e. The van der Waals surface area contributed by atoms with Crippen molar-refractivity contribution in [2.75, 3.05) is 6.54 Å². The van der Waals surface area contributed by atoms with Gasteiger partial charge in [-0.15, -0.1) is 0 Å². The number of halogens is 1. The Balaban J connectivity index is 2.68. The van der Waals surface area contributed by atoms with Gasteiger partial charge >= 0.3 is 0 Å². The monoisotopic (exact) mass is 222 g/mol. The molecule has 2 aromatic rings. The molecule has 0 radical (unpaired) electrons. The quantitative estimate of drug-likeness (QED) is 0.833. The topological polar surface area (TPSA) is 30.9 Å². The van der Waals surface area contributed by atoms with E-state index >= 15 is 0 Å². The lowest BCUT2D eigenvalue weighted by Crippen LogP contribution is -2.08. The summed E-state index contributed by atoms with van der Waals surface area (Å²) in [6.45, 7) is 2.81. The highest BCUT2D eigenvalue weighted by Gasteiger charge is 2.11. The summed E-state index contributed by atoms with van der Waals surface area (Å²) in [7, 11) is 2.03. The zero-order valence-corrected chi connectivity index (χ0v) is 9.75. The van der Waals surface area contributed by atoms with Crippen molar-refractivity contribution in [1.82, 2.24) is 4.57 Å². The number of benzene rings is 1. The Morgan fingerprint density at radius 3 is 2.87 bits per heavy atom. The van der Waals surface area contributed by atoms with Gasteiger partial charge < -0.3 is 10.3 Å². The lowest BCUT2D eigenvalue weighted by atomic mass is 10.0. The van der Waals surface area contributed by atoms with Gasteiger partial charge in [-0.05, 0) is 30.2 Å². The molecule has 3 heteroatoms. The second-order valence-electron chi connectivity index (χ2n) is 3.99. The van der Waals surface area contributed by atoms with Crippen LogP contribution in [0.15, 0.2) is 24.4 Å². The van der Waals surface area contributed by atoms with Crippen LogP contribution in [0.5, 0.6) is 0 Å². The minimum Gasteiger partial charge on any atom is -0.350 e. The van der Waals surface area contributed by atoms with Gasteiger partial charge in [0, 0.05) is 29.2 Å². The van der Waals surface area contributed by atoms with E-state index in [0.717, 1.165) is 10.5 Å². The van der Waals surface area contributed by atoms with E-state index in [2.05, 4.69) is 23.8 Å². The molecule has 0 aliphatic heterocycles. The second-order valence-corrected chi connectivity index (χ2v) is 4.43. The molecular formula is C12H15ClN2. The molecule has 1 aromatic heterocycles. The van der Waals surface area contributed by atoms with Crippen LogP contribution >= 0.6 is 11.6 Å². The number of rotatable bonds is 2. The summed E-state index contributed by atoms with van der Waals surface area (Å²) in [6, 6.07) is 5.99. The molecule has 80 valence electrons. The molecular weight excluding hydrogens is 208 g/mol. The van der Waals surface area contributed by atoms with Crippen LogP contribution in [0.2, 0.25) is 5.02 Å². The van der Waals surface area contributed by atoms with Gasteiger partial charge in [0.2, 0.25) is 0 Å². The van der Waals surface area contributed by atoms with E-state index in [1.807, 2.05) is 19.2 Å². The molecule has 0 aliphatic rings. The van der Waals surface area contributed by atoms with Crippen LogP contribution in [0, 0.1) is 0 Å². The molecule has 1 heterocycles. The van der Waals surface area contributed by atoms with Crippen LogP contribution in [-0.2, 0) is 7.05 Å². The van der Waals surface area contributed by atoms with Gasteiger partial charge in [0.05, 0.1) is 0 Å². The molecule has 0 spiro atoms. The van der Waals surface area contributed by atoms with Crippen LogP contribution in [0.1, 0.15) is 18.4 Å². The van der Waals surface area contributed by atoms with Crippen molar-refractivity contribution in [3.8, 4) is 0 Å². The molecule has 2 nitrogen and oxygen atoms in total. The van der Waals surface area contributed by atoms with Crippen molar-refractivity contribution in [2.45, 2.75) is 12.8 Å². The first kappa shape index (κ1) is 10.5. The average Bonchev–Trinajstić information content (AvgIpc) is 2.55. The van der Waals surface area contributed by atoms with Gasteiger partial charge in [-0.25, -0.2) is 0 Å². The number of aryl methyl sites for hydroxylation is 1. The van der Waals surface area contributed by atoms with E-state index in [-0.39, 0.29) is 0 Å². The number of aromatic nitrogens is 1. The summed E-state index contributed by atoms with van der Waals surface area (Å²) >= 11 is 5.98. The normalized spacial score (nSPS) is 13.3. The third-order valence-corrected chi connectivity index (χ3v) is 3.10. The molecule has 0 saturated carbocycles. The number of hydrogen-bond donors (Lipinski definition) is 1. The van der Waals surface area contributed by atoms with Gasteiger partial charge in [-0.3, -0.25) is 0 Å². The highest BCUT2D eigenvalue weighted by atomic mass is 35.5. The van der Waals surface area contributed by atoms with Crippen molar-refractivity contribution in [2.24, 2.45) is 12.8 Å². The number of nitrogens with zero attached hydrogens (tertiary/aromatic N) is 1. The van der Waals surface area contributed by atoms with Crippen LogP contribution in [0.3, 0.4) is 0 Å². The summed E-state index contributed by atoms with van der Waals surface area (Å²) in [4.78, 5) is 0. The molecule has 0 aliphatic carbocycles. The highest BCUT2D eigenvalue weighted by molar-refractivity contribution is 6.31. The van der Waals surface area contributed by atoms with Gasteiger partial charge in [-0.1, -0.05) is 24.6 Å². The van der Waals surface area contributed by atoms with Gasteiger partial charge in [-0.2, -0.15) is 0 Å². The predicted molar refractivity (Wildman–Crippen MR) is 65.4 cm³/mol. The van der Waals surface area contributed by atoms with Crippen LogP contribution in [0.4, 0.5) is 0 Å². The fourth-order valence-corrected chi connectivity index (χ4v) is 2.07. The molecule has 0 fully saturated rings. The molecule has 0 saturated heterocycles. The third kappa shape index (κ3) is 1.75. The van der Waals surface area contributed by atoms with E-state index < -0.39 is 0 Å². The van der Waals surface area contributed by atoms with Crippen LogP contribution in [0.25, 0.3) is 10.9 Å². The predicted octanol–water partition coefficient (Wildman–Crippen LogP) is 2.89. The summed E-state index contributed by atoms with van der Waals surface area (Å²) in [5.41, 5.74) is 8.16.